The van der Waals surface area contributed by atoms with Crippen molar-refractivity contribution in [1.29, 1.82) is 5.26 Å². The second kappa shape index (κ2) is 4.33. The van der Waals surface area contributed by atoms with Gasteiger partial charge < -0.3 is 4.74 Å². The average Bonchev–Trinajstić information content (AvgIpc) is 2.19. The third-order valence-electron chi connectivity index (χ3n) is 2.54. The highest BCUT2D eigenvalue weighted by atomic mass is 16.5. The van der Waals surface area contributed by atoms with Crippen LogP contribution in [0.2, 0.25) is 0 Å². The number of nitriles is 1. The van der Waals surface area contributed by atoms with Crippen LogP contribution in [0, 0.1) is 11.3 Å². The van der Waals surface area contributed by atoms with E-state index in [9.17, 15) is 0 Å². The zero-order valence-electron chi connectivity index (χ0n) is 8.81. The minimum absolute atomic E-state index is 0.330. The van der Waals surface area contributed by atoms with E-state index in [4.69, 9.17) is 10.00 Å². The molecule has 3 heteroatoms. The molecule has 0 spiro atoms. The third-order valence-corrected chi connectivity index (χ3v) is 2.54. The lowest BCUT2D eigenvalue weighted by molar-refractivity contribution is 0.0388. The predicted octanol–water partition coefficient (Wildman–Crippen LogP) is 1.45. The van der Waals surface area contributed by atoms with Crippen molar-refractivity contribution in [3.05, 3.63) is 29.8 Å². The molecule has 1 aliphatic rings. The molecular formula is C12H14N2O. The molecule has 15 heavy (non-hydrogen) atoms. The van der Waals surface area contributed by atoms with E-state index in [1.54, 1.807) is 0 Å². The molecule has 1 fully saturated rings. The van der Waals surface area contributed by atoms with Crippen molar-refractivity contribution >= 4 is 0 Å². The van der Waals surface area contributed by atoms with E-state index in [-0.39, 0.29) is 0 Å². The maximum Gasteiger partial charge on any atom is 0.124 e. The summed E-state index contributed by atoms with van der Waals surface area (Å²) in [4.78, 5) is 2.22. The van der Waals surface area contributed by atoms with Gasteiger partial charge in [0, 0.05) is 13.1 Å². The summed E-state index contributed by atoms with van der Waals surface area (Å²) in [5.74, 6) is 0.898. The first-order valence-electron chi connectivity index (χ1n) is 5.09. The van der Waals surface area contributed by atoms with Gasteiger partial charge in [-0.05, 0) is 24.7 Å². The second-order valence-electron chi connectivity index (χ2n) is 3.94. The van der Waals surface area contributed by atoms with Crippen LogP contribution in [-0.4, -0.2) is 31.1 Å². The van der Waals surface area contributed by atoms with Gasteiger partial charge in [0.05, 0.1) is 12.5 Å². The summed E-state index contributed by atoms with van der Waals surface area (Å²) in [6.45, 7) is 2.00. The molecule has 0 atom stereocenters. The smallest absolute Gasteiger partial charge is 0.124 e. The standard InChI is InChI=1S/C12H14N2O/c1-14-8-12(9-14)15-11-4-2-10(3-5-11)6-7-13/h2-5,12H,6,8-9H2,1H3. The summed E-state index contributed by atoms with van der Waals surface area (Å²) in [5, 5.41) is 8.52. The molecule has 0 radical (unpaired) electrons. The Balaban J connectivity index is 1.90. The number of nitrogens with zero attached hydrogens (tertiary/aromatic N) is 2. The van der Waals surface area contributed by atoms with Crippen molar-refractivity contribution in [2.24, 2.45) is 0 Å². The lowest BCUT2D eigenvalue weighted by Crippen LogP contribution is -2.51. The van der Waals surface area contributed by atoms with Gasteiger partial charge >= 0.3 is 0 Å². The van der Waals surface area contributed by atoms with Gasteiger partial charge in [0.25, 0.3) is 0 Å². The molecule has 2 rings (SSSR count). The molecule has 1 aromatic carbocycles. The minimum atomic E-state index is 0.330. The van der Waals surface area contributed by atoms with Gasteiger partial charge in [0.15, 0.2) is 0 Å². The highest BCUT2D eigenvalue weighted by molar-refractivity contribution is 5.29. The lowest BCUT2D eigenvalue weighted by atomic mass is 10.1. The Morgan fingerprint density at radius 2 is 2.07 bits per heavy atom. The lowest BCUT2D eigenvalue weighted by Gasteiger charge is -2.35. The zero-order valence-corrected chi connectivity index (χ0v) is 8.81. The van der Waals surface area contributed by atoms with Crippen LogP contribution in [0.4, 0.5) is 0 Å². The van der Waals surface area contributed by atoms with Crippen LogP contribution in [0.3, 0.4) is 0 Å². The van der Waals surface area contributed by atoms with Gasteiger partial charge in [-0.25, -0.2) is 0 Å². The molecule has 0 amide bonds. The maximum absolute atomic E-state index is 8.52. The van der Waals surface area contributed by atoms with Crippen LogP contribution in [0.25, 0.3) is 0 Å². The average molecular weight is 202 g/mol. The van der Waals surface area contributed by atoms with Crippen molar-refractivity contribution in [2.75, 3.05) is 20.1 Å². The molecule has 0 unspecified atom stereocenters. The molecule has 1 heterocycles. The van der Waals surface area contributed by atoms with Gasteiger partial charge in [0.1, 0.15) is 11.9 Å². The Labute approximate surface area is 89.9 Å². The molecule has 0 N–H and O–H groups in total. The zero-order chi connectivity index (χ0) is 10.7. The maximum atomic E-state index is 8.52. The van der Waals surface area contributed by atoms with E-state index in [2.05, 4.69) is 18.0 Å². The molecule has 1 aromatic rings. The van der Waals surface area contributed by atoms with Crippen molar-refractivity contribution in [1.82, 2.24) is 4.90 Å². The summed E-state index contributed by atoms with van der Waals surface area (Å²) in [6.07, 6.45) is 0.795. The first-order valence-corrected chi connectivity index (χ1v) is 5.09. The fourth-order valence-electron chi connectivity index (χ4n) is 1.69. The summed E-state index contributed by atoms with van der Waals surface area (Å²) in [7, 11) is 2.08. The fourth-order valence-corrected chi connectivity index (χ4v) is 1.69. The molecule has 78 valence electrons. The Hall–Kier alpha value is -1.53. The Bertz CT molecular complexity index is 360. The summed E-state index contributed by atoms with van der Waals surface area (Å²) >= 11 is 0. The quantitative estimate of drug-likeness (QED) is 0.744. The van der Waals surface area contributed by atoms with E-state index in [1.165, 1.54) is 0 Å². The number of hydrogen-bond acceptors (Lipinski definition) is 3. The van der Waals surface area contributed by atoms with E-state index in [0.29, 0.717) is 12.5 Å². The van der Waals surface area contributed by atoms with Crippen molar-refractivity contribution in [3.63, 3.8) is 0 Å². The van der Waals surface area contributed by atoms with Gasteiger partial charge in [-0.2, -0.15) is 5.26 Å². The number of benzene rings is 1. The third kappa shape index (κ3) is 2.48. The van der Waals surface area contributed by atoms with E-state index < -0.39 is 0 Å². The van der Waals surface area contributed by atoms with Crippen LogP contribution < -0.4 is 4.74 Å². The van der Waals surface area contributed by atoms with Gasteiger partial charge in [-0.3, -0.25) is 4.90 Å². The second-order valence-corrected chi connectivity index (χ2v) is 3.94. The normalized spacial score (nSPS) is 16.8. The van der Waals surface area contributed by atoms with Crippen LogP contribution in [-0.2, 0) is 6.42 Å². The van der Waals surface area contributed by atoms with Crippen LogP contribution in [0.15, 0.2) is 24.3 Å². The fraction of sp³-hybridized carbons (Fsp3) is 0.417. The number of ether oxygens (including phenoxy) is 1. The molecule has 1 aliphatic heterocycles. The molecule has 3 nitrogen and oxygen atoms in total. The first kappa shape index (κ1) is 10.0. The number of likely N-dealkylation sites (tertiary alicyclic amines) is 1. The van der Waals surface area contributed by atoms with E-state index in [0.717, 1.165) is 24.4 Å². The van der Waals surface area contributed by atoms with Crippen LogP contribution in [0.1, 0.15) is 5.56 Å². The van der Waals surface area contributed by atoms with E-state index in [1.807, 2.05) is 24.3 Å². The number of likely N-dealkylation sites (N-methyl/N-ethyl adjacent to an activating group) is 1. The van der Waals surface area contributed by atoms with Crippen molar-refractivity contribution in [2.45, 2.75) is 12.5 Å². The molecule has 0 saturated carbocycles. The predicted molar refractivity (Wildman–Crippen MR) is 57.7 cm³/mol. The summed E-state index contributed by atoms with van der Waals surface area (Å²) < 4.78 is 5.73. The largest absolute Gasteiger partial charge is 0.488 e. The topological polar surface area (TPSA) is 36.3 Å². The number of hydrogen-bond donors (Lipinski definition) is 0. The Morgan fingerprint density at radius 3 is 2.60 bits per heavy atom. The van der Waals surface area contributed by atoms with Gasteiger partial charge in [-0.1, -0.05) is 12.1 Å². The highest BCUT2D eigenvalue weighted by Gasteiger charge is 2.24. The first-order chi connectivity index (χ1) is 7.28. The van der Waals surface area contributed by atoms with Crippen molar-refractivity contribution in [3.8, 4) is 11.8 Å². The van der Waals surface area contributed by atoms with Crippen LogP contribution >= 0.6 is 0 Å². The monoisotopic (exact) mass is 202 g/mol. The Kier molecular flexibility index (Phi) is 2.89. The Morgan fingerprint density at radius 1 is 1.40 bits per heavy atom. The minimum Gasteiger partial charge on any atom is -0.488 e. The highest BCUT2D eigenvalue weighted by Crippen LogP contribution is 2.17. The molecule has 0 aromatic heterocycles. The van der Waals surface area contributed by atoms with Crippen LogP contribution in [0.5, 0.6) is 5.75 Å². The van der Waals surface area contributed by atoms with E-state index >= 15 is 0 Å². The summed E-state index contributed by atoms with van der Waals surface area (Å²) in [5.41, 5.74) is 1.04. The SMILES string of the molecule is CN1CC(Oc2ccc(CC#N)cc2)C1. The molecule has 0 aliphatic carbocycles. The molecule has 0 bridgehead atoms. The van der Waals surface area contributed by atoms with Crippen molar-refractivity contribution < 1.29 is 4.74 Å². The molecule has 1 saturated heterocycles. The summed E-state index contributed by atoms with van der Waals surface area (Å²) in [6, 6.07) is 9.89. The number of rotatable bonds is 3. The van der Waals surface area contributed by atoms with Gasteiger partial charge in [0.2, 0.25) is 0 Å². The van der Waals surface area contributed by atoms with Gasteiger partial charge in [-0.15, -0.1) is 0 Å². The molecular weight excluding hydrogens is 188 g/mol.